The van der Waals surface area contributed by atoms with Gasteiger partial charge in [0, 0.05) is 19.2 Å². The summed E-state index contributed by atoms with van der Waals surface area (Å²) >= 11 is 0. The van der Waals surface area contributed by atoms with Gasteiger partial charge in [0.05, 0.1) is 0 Å². The Morgan fingerprint density at radius 2 is 1.89 bits per heavy atom. The minimum atomic E-state index is -0.781. The Kier molecular flexibility index (Phi) is 3.38. The maximum Gasteiger partial charge on any atom is 0.178 e. The highest BCUT2D eigenvalue weighted by molar-refractivity contribution is 5.49. The molecule has 1 aromatic heterocycles. The van der Waals surface area contributed by atoms with Crippen molar-refractivity contribution in [2.45, 2.75) is 26.7 Å². The fourth-order valence-corrected chi connectivity index (χ4v) is 2.10. The fraction of sp³-hybridized carbons (Fsp3) is 0.583. The number of pyridine rings is 1. The number of hydrogen-bond donors (Lipinski definition) is 2. The maximum atomic E-state index is 13.7. The van der Waals surface area contributed by atoms with Gasteiger partial charge in [-0.05, 0) is 18.3 Å². The predicted octanol–water partition coefficient (Wildman–Crippen LogP) is 2.27. The SMILES string of the molecule is CC1(C)CCN(c2nc(NN)c(F)cc2F)CC1. The van der Waals surface area contributed by atoms with Crippen molar-refractivity contribution in [2.24, 2.45) is 11.3 Å². The van der Waals surface area contributed by atoms with Crippen LogP contribution in [0.15, 0.2) is 6.07 Å². The van der Waals surface area contributed by atoms with Crippen molar-refractivity contribution in [3.8, 4) is 0 Å². The second kappa shape index (κ2) is 4.68. The third-order valence-electron chi connectivity index (χ3n) is 3.46. The molecule has 0 unspecified atom stereocenters. The van der Waals surface area contributed by atoms with Crippen LogP contribution < -0.4 is 16.2 Å². The largest absolute Gasteiger partial charge is 0.354 e. The molecule has 1 saturated heterocycles. The topological polar surface area (TPSA) is 54.2 Å². The first kappa shape index (κ1) is 13.0. The van der Waals surface area contributed by atoms with Crippen LogP contribution in [0.5, 0.6) is 0 Å². The Hall–Kier alpha value is -1.43. The van der Waals surface area contributed by atoms with Crippen LogP contribution in [-0.2, 0) is 0 Å². The van der Waals surface area contributed by atoms with Gasteiger partial charge >= 0.3 is 0 Å². The summed E-state index contributed by atoms with van der Waals surface area (Å²) in [5.74, 6) is 3.76. The van der Waals surface area contributed by atoms with Crippen LogP contribution in [-0.4, -0.2) is 18.1 Å². The number of hydrogen-bond acceptors (Lipinski definition) is 4. The maximum absolute atomic E-state index is 13.7. The van der Waals surface area contributed by atoms with Crippen LogP contribution in [0.1, 0.15) is 26.7 Å². The number of piperidine rings is 1. The second-order valence-electron chi connectivity index (χ2n) is 5.42. The number of hydrazine groups is 1. The van der Waals surface area contributed by atoms with E-state index in [0.29, 0.717) is 13.1 Å². The van der Waals surface area contributed by atoms with Crippen LogP contribution in [0.25, 0.3) is 0 Å². The normalized spacial score (nSPS) is 18.8. The molecule has 0 saturated carbocycles. The van der Waals surface area contributed by atoms with Crippen LogP contribution >= 0.6 is 0 Å². The van der Waals surface area contributed by atoms with Gasteiger partial charge in [0.15, 0.2) is 23.3 Å². The molecule has 2 heterocycles. The summed E-state index contributed by atoms with van der Waals surface area (Å²) in [4.78, 5) is 5.74. The molecular weight excluding hydrogens is 238 g/mol. The van der Waals surface area contributed by atoms with Crippen molar-refractivity contribution in [2.75, 3.05) is 23.4 Å². The molecule has 100 valence electrons. The zero-order valence-electron chi connectivity index (χ0n) is 10.6. The molecule has 0 radical (unpaired) electrons. The van der Waals surface area contributed by atoms with E-state index in [1.165, 1.54) is 0 Å². The molecular formula is C12H18F2N4. The van der Waals surface area contributed by atoms with E-state index in [1.807, 2.05) is 4.90 Å². The Bertz CT molecular complexity index is 438. The van der Waals surface area contributed by atoms with Gasteiger partial charge in [0.1, 0.15) is 0 Å². The van der Waals surface area contributed by atoms with E-state index in [2.05, 4.69) is 24.3 Å². The van der Waals surface area contributed by atoms with Crippen LogP contribution in [0.2, 0.25) is 0 Å². The van der Waals surface area contributed by atoms with E-state index < -0.39 is 11.6 Å². The first-order chi connectivity index (χ1) is 8.43. The Morgan fingerprint density at radius 3 is 2.44 bits per heavy atom. The van der Waals surface area contributed by atoms with E-state index in [9.17, 15) is 8.78 Å². The fourth-order valence-electron chi connectivity index (χ4n) is 2.10. The van der Waals surface area contributed by atoms with Crippen molar-refractivity contribution in [3.05, 3.63) is 17.7 Å². The molecule has 18 heavy (non-hydrogen) atoms. The number of halogens is 2. The van der Waals surface area contributed by atoms with Gasteiger partial charge < -0.3 is 10.3 Å². The summed E-state index contributed by atoms with van der Waals surface area (Å²) in [6.45, 7) is 5.80. The summed E-state index contributed by atoms with van der Waals surface area (Å²) < 4.78 is 27.0. The lowest BCUT2D eigenvalue weighted by molar-refractivity contribution is 0.278. The van der Waals surface area contributed by atoms with Gasteiger partial charge in [-0.3, -0.25) is 0 Å². The molecule has 6 heteroatoms. The summed E-state index contributed by atoms with van der Waals surface area (Å²) in [7, 11) is 0. The van der Waals surface area contributed by atoms with Crippen molar-refractivity contribution in [1.29, 1.82) is 0 Å². The van der Waals surface area contributed by atoms with Crippen molar-refractivity contribution < 1.29 is 8.78 Å². The van der Waals surface area contributed by atoms with Gasteiger partial charge in [-0.25, -0.2) is 19.6 Å². The standard InChI is InChI=1S/C12H18F2N4/c1-12(2)3-5-18(6-4-12)11-9(14)7-8(13)10(16-11)17-15/h7H,3-6,15H2,1-2H3,(H,16,17). The Balaban J connectivity index is 2.24. The van der Waals surface area contributed by atoms with Gasteiger partial charge in [0.2, 0.25) is 0 Å². The van der Waals surface area contributed by atoms with Crippen LogP contribution in [0.3, 0.4) is 0 Å². The highest BCUT2D eigenvalue weighted by Crippen LogP contribution is 2.33. The summed E-state index contributed by atoms with van der Waals surface area (Å²) in [6.07, 6.45) is 1.91. The molecule has 0 amide bonds. The highest BCUT2D eigenvalue weighted by Gasteiger charge is 2.27. The Labute approximate surface area is 105 Å². The minimum absolute atomic E-state index is 0.128. The number of aromatic nitrogens is 1. The smallest absolute Gasteiger partial charge is 0.178 e. The summed E-state index contributed by atoms with van der Waals surface area (Å²) in [5.41, 5.74) is 2.40. The highest BCUT2D eigenvalue weighted by atomic mass is 19.1. The third kappa shape index (κ3) is 2.53. The lowest BCUT2D eigenvalue weighted by atomic mass is 9.83. The first-order valence-corrected chi connectivity index (χ1v) is 6.00. The zero-order valence-corrected chi connectivity index (χ0v) is 10.6. The predicted molar refractivity (Wildman–Crippen MR) is 67.2 cm³/mol. The molecule has 1 aromatic rings. The molecule has 1 fully saturated rings. The molecule has 0 bridgehead atoms. The van der Waals surface area contributed by atoms with Gasteiger partial charge in [0.25, 0.3) is 0 Å². The summed E-state index contributed by atoms with van der Waals surface area (Å²) in [5, 5.41) is 0. The van der Waals surface area contributed by atoms with Crippen molar-refractivity contribution in [3.63, 3.8) is 0 Å². The summed E-state index contributed by atoms with van der Waals surface area (Å²) in [6, 6.07) is 0.817. The lowest BCUT2D eigenvalue weighted by Crippen LogP contribution is -2.38. The van der Waals surface area contributed by atoms with Gasteiger partial charge in [-0.1, -0.05) is 13.8 Å². The van der Waals surface area contributed by atoms with Crippen LogP contribution in [0, 0.1) is 17.0 Å². The number of nitrogens with two attached hydrogens (primary N) is 1. The molecule has 3 N–H and O–H groups in total. The number of nitrogens with zero attached hydrogens (tertiary/aromatic N) is 2. The molecule has 1 aliphatic rings. The zero-order chi connectivity index (χ0) is 13.3. The number of nitrogen functional groups attached to an aromatic ring is 1. The van der Waals surface area contributed by atoms with E-state index >= 15 is 0 Å². The van der Waals surface area contributed by atoms with Crippen molar-refractivity contribution in [1.82, 2.24) is 4.98 Å². The van der Waals surface area contributed by atoms with Gasteiger partial charge in [-0.2, -0.15) is 0 Å². The molecule has 4 nitrogen and oxygen atoms in total. The van der Waals surface area contributed by atoms with E-state index in [1.54, 1.807) is 0 Å². The van der Waals surface area contributed by atoms with E-state index in [-0.39, 0.29) is 17.1 Å². The first-order valence-electron chi connectivity index (χ1n) is 6.00. The number of rotatable bonds is 2. The lowest BCUT2D eigenvalue weighted by Gasteiger charge is -2.37. The molecule has 0 spiro atoms. The number of anilines is 2. The molecule has 0 atom stereocenters. The second-order valence-corrected chi connectivity index (χ2v) is 5.42. The Morgan fingerprint density at radius 1 is 1.28 bits per heavy atom. The third-order valence-corrected chi connectivity index (χ3v) is 3.46. The van der Waals surface area contributed by atoms with Crippen LogP contribution in [0.4, 0.5) is 20.4 Å². The average Bonchev–Trinajstić information content (AvgIpc) is 2.30. The molecule has 0 aromatic carbocycles. The quantitative estimate of drug-likeness (QED) is 0.629. The van der Waals surface area contributed by atoms with Crippen molar-refractivity contribution >= 4 is 11.6 Å². The molecule has 1 aliphatic heterocycles. The van der Waals surface area contributed by atoms with E-state index in [0.717, 1.165) is 18.9 Å². The van der Waals surface area contributed by atoms with Gasteiger partial charge in [-0.15, -0.1) is 0 Å². The minimum Gasteiger partial charge on any atom is -0.354 e. The number of nitrogens with one attached hydrogen (secondary N) is 1. The monoisotopic (exact) mass is 256 g/mol. The van der Waals surface area contributed by atoms with E-state index in [4.69, 9.17) is 5.84 Å². The molecule has 2 rings (SSSR count). The molecule has 0 aliphatic carbocycles. The average molecular weight is 256 g/mol.